The normalized spacial score (nSPS) is 14.9. The lowest BCUT2D eigenvalue weighted by atomic mass is 10.1. The maximum absolute atomic E-state index is 12.5. The summed E-state index contributed by atoms with van der Waals surface area (Å²) in [7, 11) is 0. The fraction of sp³-hybridized carbons (Fsp3) is 0.550. The summed E-state index contributed by atoms with van der Waals surface area (Å²) in [6.45, 7) is 12.3. The average molecular weight is 371 g/mol. The van der Waals surface area contributed by atoms with E-state index in [2.05, 4.69) is 40.2 Å². The number of pyridine rings is 1. The minimum Gasteiger partial charge on any atom is -0.346 e. The lowest BCUT2D eigenvalue weighted by molar-refractivity contribution is 0.0948. The summed E-state index contributed by atoms with van der Waals surface area (Å²) in [5.41, 5.74) is 3.25. The number of rotatable bonds is 5. The number of amides is 1. The second-order valence-electron chi connectivity index (χ2n) is 7.85. The number of aromatic nitrogens is 3. The Kier molecular flexibility index (Phi) is 5.79. The third-order valence-corrected chi connectivity index (χ3v) is 4.79. The predicted molar refractivity (Wildman–Crippen MR) is 105 cm³/mol. The molecule has 0 bridgehead atoms. The summed E-state index contributed by atoms with van der Waals surface area (Å²) < 4.78 is 2.05. The second kappa shape index (κ2) is 8.08. The third kappa shape index (κ3) is 4.66. The van der Waals surface area contributed by atoms with Crippen LogP contribution in [0.2, 0.25) is 0 Å². The van der Waals surface area contributed by atoms with Crippen molar-refractivity contribution in [2.45, 2.75) is 53.8 Å². The summed E-state index contributed by atoms with van der Waals surface area (Å²) in [6, 6.07) is 3.86. The van der Waals surface area contributed by atoms with Gasteiger partial charge in [0.2, 0.25) is 0 Å². The van der Waals surface area contributed by atoms with Gasteiger partial charge in [-0.15, -0.1) is 0 Å². The largest absolute Gasteiger partial charge is 0.346 e. The van der Waals surface area contributed by atoms with Crippen LogP contribution < -0.4 is 10.9 Å². The zero-order valence-corrected chi connectivity index (χ0v) is 16.6. The molecule has 0 saturated heterocycles. The van der Waals surface area contributed by atoms with Crippen LogP contribution in [0.5, 0.6) is 0 Å². The molecule has 0 aromatic carbocycles. The number of fused-ring (bicyclic) bond motifs is 1. The number of hydrogen-bond donors (Lipinski definition) is 2. The topological polar surface area (TPSA) is 83.0 Å². The van der Waals surface area contributed by atoms with E-state index in [0.717, 1.165) is 44.0 Å². The first-order valence-corrected chi connectivity index (χ1v) is 9.60. The molecule has 0 spiro atoms. The molecule has 3 rings (SSSR count). The van der Waals surface area contributed by atoms with E-state index in [4.69, 9.17) is 0 Å². The van der Waals surface area contributed by atoms with Crippen molar-refractivity contribution in [2.75, 3.05) is 13.1 Å². The Labute approximate surface area is 159 Å². The van der Waals surface area contributed by atoms with Crippen molar-refractivity contribution in [1.82, 2.24) is 25.0 Å². The SMILES string of the molecule is Cc1cc(C)c(C(=O)NCc2cc3n(n2)CCCN(CC(C)C)C3)c(=O)[nH]1. The van der Waals surface area contributed by atoms with Gasteiger partial charge in [0.25, 0.3) is 11.5 Å². The molecule has 0 fully saturated rings. The van der Waals surface area contributed by atoms with Crippen molar-refractivity contribution < 1.29 is 4.79 Å². The standard InChI is InChI=1S/C20H29N5O2/c1-13(2)11-24-6-5-7-25-17(12-24)9-16(23-25)10-21-19(26)18-14(3)8-15(4)22-20(18)27/h8-9,13H,5-7,10-12H2,1-4H3,(H,21,26)(H,22,27). The molecule has 0 atom stereocenters. The van der Waals surface area contributed by atoms with Gasteiger partial charge in [-0.2, -0.15) is 5.10 Å². The number of nitrogens with one attached hydrogen (secondary N) is 2. The van der Waals surface area contributed by atoms with Crippen LogP contribution in [0.1, 0.15) is 53.3 Å². The Hall–Kier alpha value is -2.41. The minimum absolute atomic E-state index is 0.171. The molecule has 0 unspecified atom stereocenters. The van der Waals surface area contributed by atoms with E-state index >= 15 is 0 Å². The molecule has 0 aliphatic carbocycles. The number of H-pyrrole nitrogens is 1. The van der Waals surface area contributed by atoms with Crippen LogP contribution in [0.3, 0.4) is 0 Å². The molecule has 1 amide bonds. The van der Waals surface area contributed by atoms with Gasteiger partial charge in [-0.3, -0.25) is 19.2 Å². The van der Waals surface area contributed by atoms with Crippen molar-refractivity contribution >= 4 is 5.91 Å². The molecule has 2 aromatic heterocycles. The highest BCUT2D eigenvalue weighted by Crippen LogP contribution is 2.15. The number of nitrogens with zero attached hydrogens (tertiary/aromatic N) is 3. The van der Waals surface area contributed by atoms with Gasteiger partial charge in [-0.1, -0.05) is 13.8 Å². The van der Waals surface area contributed by atoms with Crippen LogP contribution in [0.15, 0.2) is 16.9 Å². The summed E-state index contributed by atoms with van der Waals surface area (Å²) in [4.78, 5) is 29.7. The van der Waals surface area contributed by atoms with Gasteiger partial charge in [0.05, 0.1) is 17.9 Å². The Balaban J connectivity index is 1.68. The van der Waals surface area contributed by atoms with Crippen molar-refractivity contribution in [2.24, 2.45) is 5.92 Å². The summed E-state index contributed by atoms with van der Waals surface area (Å²) in [5, 5.41) is 7.47. The van der Waals surface area contributed by atoms with Crippen molar-refractivity contribution in [1.29, 1.82) is 0 Å². The summed E-state index contributed by atoms with van der Waals surface area (Å²) >= 11 is 0. The molecule has 27 heavy (non-hydrogen) atoms. The van der Waals surface area contributed by atoms with Crippen LogP contribution >= 0.6 is 0 Å². The van der Waals surface area contributed by atoms with Gasteiger partial charge in [-0.05, 0) is 43.9 Å². The van der Waals surface area contributed by atoms with E-state index in [1.807, 2.05) is 4.68 Å². The molecule has 1 aliphatic heterocycles. The Morgan fingerprint density at radius 3 is 2.78 bits per heavy atom. The predicted octanol–water partition coefficient (Wildman–Crippen LogP) is 1.98. The molecule has 3 heterocycles. The molecule has 1 aliphatic rings. The fourth-order valence-corrected chi connectivity index (χ4v) is 3.74. The molecule has 0 radical (unpaired) electrons. The zero-order valence-electron chi connectivity index (χ0n) is 16.6. The maximum Gasteiger partial charge on any atom is 0.261 e. The van der Waals surface area contributed by atoms with Crippen molar-refractivity contribution in [3.8, 4) is 0 Å². The van der Waals surface area contributed by atoms with Crippen LogP contribution in [0.4, 0.5) is 0 Å². The van der Waals surface area contributed by atoms with E-state index in [9.17, 15) is 9.59 Å². The smallest absolute Gasteiger partial charge is 0.261 e. The van der Waals surface area contributed by atoms with E-state index in [1.54, 1.807) is 19.9 Å². The molecule has 2 aromatic rings. The highest BCUT2D eigenvalue weighted by Gasteiger charge is 2.18. The Morgan fingerprint density at radius 1 is 1.30 bits per heavy atom. The van der Waals surface area contributed by atoms with E-state index < -0.39 is 0 Å². The minimum atomic E-state index is -0.363. The van der Waals surface area contributed by atoms with Gasteiger partial charge in [0.1, 0.15) is 5.56 Å². The number of aromatic amines is 1. The highest BCUT2D eigenvalue weighted by atomic mass is 16.2. The molecule has 7 nitrogen and oxygen atoms in total. The quantitative estimate of drug-likeness (QED) is 0.842. The second-order valence-corrected chi connectivity index (χ2v) is 7.85. The summed E-state index contributed by atoms with van der Waals surface area (Å²) in [6.07, 6.45) is 1.07. The van der Waals surface area contributed by atoms with Gasteiger partial charge in [0, 0.05) is 31.9 Å². The van der Waals surface area contributed by atoms with E-state index in [0.29, 0.717) is 18.0 Å². The molecule has 7 heteroatoms. The lowest BCUT2D eigenvalue weighted by Crippen LogP contribution is -2.30. The number of carbonyl (C=O) groups excluding carboxylic acids is 1. The molecule has 146 valence electrons. The number of aryl methyl sites for hydroxylation is 3. The van der Waals surface area contributed by atoms with Crippen molar-refractivity contribution in [3.05, 3.63) is 50.7 Å². The highest BCUT2D eigenvalue weighted by molar-refractivity contribution is 5.95. The van der Waals surface area contributed by atoms with Crippen molar-refractivity contribution in [3.63, 3.8) is 0 Å². The first-order chi connectivity index (χ1) is 12.8. The monoisotopic (exact) mass is 371 g/mol. The molecule has 2 N–H and O–H groups in total. The molecular formula is C20H29N5O2. The Bertz CT molecular complexity index is 881. The number of hydrogen-bond acceptors (Lipinski definition) is 4. The van der Waals surface area contributed by atoms with E-state index in [1.165, 1.54) is 5.69 Å². The van der Waals surface area contributed by atoms with Gasteiger partial charge in [-0.25, -0.2) is 0 Å². The first-order valence-electron chi connectivity index (χ1n) is 9.60. The van der Waals surface area contributed by atoms with Crippen LogP contribution in [0, 0.1) is 19.8 Å². The van der Waals surface area contributed by atoms with Gasteiger partial charge < -0.3 is 10.3 Å². The number of carbonyl (C=O) groups is 1. The summed E-state index contributed by atoms with van der Waals surface area (Å²) in [5.74, 6) is 0.271. The molecular weight excluding hydrogens is 342 g/mol. The third-order valence-electron chi connectivity index (χ3n) is 4.79. The van der Waals surface area contributed by atoms with Crippen LogP contribution in [-0.2, 0) is 19.6 Å². The van der Waals surface area contributed by atoms with Gasteiger partial charge in [0.15, 0.2) is 0 Å². The van der Waals surface area contributed by atoms with Crippen LogP contribution in [0.25, 0.3) is 0 Å². The molecule has 0 saturated carbocycles. The Morgan fingerprint density at radius 2 is 2.07 bits per heavy atom. The lowest BCUT2D eigenvalue weighted by Gasteiger charge is -2.21. The van der Waals surface area contributed by atoms with Gasteiger partial charge >= 0.3 is 0 Å². The average Bonchev–Trinajstić information content (AvgIpc) is 2.84. The van der Waals surface area contributed by atoms with Crippen LogP contribution in [-0.4, -0.2) is 38.7 Å². The van der Waals surface area contributed by atoms with E-state index in [-0.39, 0.29) is 17.0 Å². The fourth-order valence-electron chi connectivity index (χ4n) is 3.74. The zero-order chi connectivity index (χ0) is 19.6. The maximum atomic E-state index is 12.5. The first kappa shape index (κ1) is 19.4.